The summed E-state index contributed by atoms with van der Waals surface area (Å²) in [5, 5.41) is 0. The molecule has 0 N–H and O–H groups in total. The van der Waals surface area contributed by atoms with Crippen molar-refractivity contribution in [1.82, 2.24) is 0 Å². The number of rotatable bonds is 3. The standard InChI is InChI=1S/C11H21O/c1-4-12-10(3)11-7-5-9(2)6-8-11/h5,9-11H,4,6-8H2,1-3H3. The first-order chi connectivity index (χ1) is 5.74. The van der Waals surface area contributed by atoms with E-state index >= 15 is 0 Å². The van der Waals surface area contributed by atoms with Crippen molar-refractivity contribution in [2.45, 2.75) is 46.1 Å². The Balaban J connectivity index is 2.24. The summed E-state index contributed by atoms with van der Waals surface area (Å²) in [4.78, 5) is 0. The summed E-state index contributed by atoms with van der Waals surface area (Å²) in [5.41, 5.74) is 0. The largest absolute Gasteiger partial charge is 0.379 e. The minimum Gasteiger partial charge on any atom is -0.379 e. The molecule has 1 radical (unpaired) electrons. The smallest absolute Gasteiger partial charge is 0.0575 e. The van der Waals surface area contributed by atoms with Crippen molar-refractivity contribution >= 4 is 0 Å². The van der Waals surface area contributed by atoms with Gasteiger partial charge in [-0.25, -0.2) is 0 Å². The predicted octanol–water partition coefficient (Wildman–Crippen LogP) is 3.05. The molecule has 1 nitrogen and oxygen atoms in total. The molecule has 71 valence electrons. The van der Waals surface area contributed by atoms with E-state index in [0.29, 0.717) is 6.10 Å². The molecule has 0 saturated heterocycles. The average Bonchev–Trinajstić information content (AvgIpc) is 2.06. The third-order valence-electron chi connectivity index (χ3n) is 2.93. The zero-order valence-electron chi connectivity index (χ0n) is 8.55. The van der Waals surface area contributed by atoms with Crippen molar-refractivity contribution in [1.29, 1.82) is 0 Å². The summed E-state index contributed by atoms with van der Waals surface area (Å²) < 4.78 is 5.60. The van der Waals surface area contributed by atoms with Gasteiger partial charge in [0.2, 0.25) is 0 Å². The summed E-state index contributed by atoms with van der Waals surface area (Å²) >= 11 is 0. The quantitative estimate of drug-likeness (QED) is 0.631. The van der Waals surface area contributed by atoms with Gasteiger partial charge < -0.3 is 4.74 Å². The molecule has 1 rings (SSSR count). The van der Waals surface area contributed by atoms with Crippen LogP contribution in [0.2, 0.25) is 0 Å². The first-order valence-corrected chi connectivity index (χ1v) is 5.19. The molecule has 3 unspecified atom stereocenters. The third kappa shape index (κ3) is 2.78. The summed E-state index contributed by atoms with van der Waals surface area (Å²) in [6.07, 6.45) is 6.85. The Morgan fingerprint density at radius 1 is 1.50 bits per heavy atom. The second-order valence-electron chi connectivity index (χ2n) is 3.95. The number of ether oxygens (including phenoxy) is 1. The maximum absolute atomic E-state index is 5.60. The highest BCUT2D eigenvalue weighted by molar-refractivity contribution is 4.85. The Bertz CT molecular complexity index is 114. The second kappa shape index (κ2) is 4.86. The second-order valence-corrected chi connectivity index (χ2v) is 3.95. The third-order valence-corrected chi connectivity index (χ3v) is 2.93. The van der Waals surface area contributed by atoms with Gasteiger partial charge in [-0.1, -0.05) is 13.3 Å². The molecule has 0 aliphatic heterocycles. The van der Waals surface area contributed by atoms with Crippen molar-refractivity contribution in [3.05, 3.63) is 6.42 Å². The zero-order chi connectivity index (χ0) is 8.97. The van der Waals surface area contributed by atoms with Crippen molar-refractivity contribution in [3.8, 4) is 0 Å². The van der Waals surface area contributed by atoms with Gasteiger partial charge in [-0.05, 0) is 44.9 Å². The summed E-state index contributed by atoms with van der Waals surface area (Å²) in [5.74, 6) is 1.61. The molecule has 1 heteroatoms. The van der Waals surface area contributed by atoms with Gasteiger partial charge in [0.15, 0.2) is 0 Å². The molecule has 0 aromatic carbocycles. The minimum atomic E-state index is 0.457. The van der Waals surface area contributed by atoms with Crippen LogP contribution in [0, 0.1) is 18.3 Å². The first-order valence-electron chi connectivity index (χ1n) is 5.19. The molecule has 1 fully saturated rings. The minimum absolute atomic E-state index is 0.457. The van der Waals surface area contributed by atoms with E-state index in [1.165, 1.54) is 19.3 Å². The molecule has 12 heavy (non-hydrogen) atoms. The maximum atomic E-state index is 5.60. The lowest BCUT2D eigenvalue weighted by molar-refractivity contribution is 0.0227. The van der Waals surface area contributed by atoms with Crippen LogP contribution in [-0.4, -0.2) is 12.7 Å². The molecule has 3 atom stereocenters. The maximum Gasteiger partial charge on any atom is 0.0575 e. The van der Waals surface area contributed by atoms with Gasteiger partial charge in [0, 0.05) is 6.61 Å². The Morgan fingerprint density at radius 3 is 2.75 bits per heavy atom. The summed E-state index contributed by atoms with van der Waals surface area (Å²) in [6, 6.07) is 0. The molecule has 1 aliphatic carbocycles. The van der Waals surface area contributed by atoms with Gasteiger partial charge in [0.1, 0.15) is 0 Å². The molecule has 0 aromatic rings. The fraction of sp³-hybridized carbons (Fsp3) is 0.909. The van der Waals surface area contributed by atoms with Gasteiger partial charge in [-0.3, -0.25) is 0 Å². The topological polar surface area (TPSA) is 9.23 Å². The fourth-order valence-corrected chi connectivity index (χ4v) is 1.95. The van der Waals surface area contributed by atoms with Crippen LogP contribution in [0.15, 0.2) is 0 Å². The van der Waals surface area contributed by atoms with Crippen molar-refractivity contribution in [3.63, 3.8) is 0 Å². The van der Waals surface area contributed by atoms with Crippen LogP contribution < -0.4 is 0 Å². The van der Waals surface area contributed by atoms with Crippen molar-refractivity contribution < 1.29 is 4.74 Å². The average molecular weight is 169 g/mol. The van der Waals surface area contributed by atoms with Crippen LogP contribution in [0.4, 0.5) is 0 Å². The molecule has 1 saturated carbocycles. The monoisotopic (exact) mass is 169 g/mol. The van der Waals surface area contributed by atoms with Crippen LogP contribution >= 0.6 is 0 Å². The van der Waals surface area contributed by atoms with Crippen LogP contribution in [0.25, 0.3) is 0 Å². The van der Waals surface area contributed by atoms with Gasteiger partial charge in [0.05, 0.1) is 6.10 Å². The highest BCUT2D eigenvalue weighted by atomic mass is 16.5. The van der Waals surface area contributed by atoms with Gasteiger partial charge >= 0.3 is 0 Å². The predicted molar refractivity (Wildman–Crippen MR) is 51.9 cm³/mol. The van der Waals surface area contributed by atoms with E-state index in [1.807, 2.05) is 0 Å². The lowest BCUT2D eigenvalue weighted by atomic mass is 9.80. The lowest BCUT2D eigenvalue weighted by Gasteiger charge is -2.30. The van der Waals surface area contributed by atoms with Gasteiger partial charge in [0.25, 0.3) is 0 Å². The Hall–Kier alpha value is -0.0400. The normalized spacial score (nSPS) is 33.2. The van der Waals surface area contributed by atoms with E-state index in [2.05, 4.69) is 27.2 Å². The molecular weight excluding hydrogens is 148 g/mol. The summed E-state index contributed by atoms with van der Waals surface area (Å²) in [7, 11) is 0. The summed E-state index contributed by atoms with van der Waals surface area (Å²) in [6.45, 7) is 7.44. The zero-order valence-corrected chi connectivity index (χ0v) is 8.55. The van der Waals surface area contributed by atoms with Crippen LogP contribution in [0.5, 0.6) is 0 Å². The first kappa shape index (κ1) is 10.0. The van der Waals surface area contributed by atoms with E-state index in [9.17, 15) is 0 Å². The van der Waals surface area contributed by atoms with Crippen molar-refractivity contribution in [2.24, 2.45) is 11.8 Å². The molecule has 0 aromatic heterocycles. The van der Waals surface area contributed by atoms with E-state index in [1.54, 1.807) is 0 Å². The van der Waals surface area contributed by atoms with E-state index in [0.717, 1.165) is 18.4 Å². The molecule has 0 amide bonds. The lowest BCUT2D eigenvalue weighted by Crippen LogP contribution is -2.25. The van der Waals surface area contributed by atoms with E-state index in [4.69, 9.17) is 4.74 Å². The van der Waals surface area contributed by atoms with Crippen molar-refractivity contribution in [2.75, 3.05) is 6.61 Å². The Kier molecular flexibility index (Phi) is 4.07. The highest BCUT2D eigenvalue weighted by Gasteiger charge is 2.23. The molecule has 0 spiro atoms. The highest BCUT2D eigenvalue weighted by Crippen LogP contribution is 2.30. The van der Waals surface area contributed by atoms with Crippen LogP contribution in [-0.2, 0) is 4.74 Å². The molecular formula is C11H21O. The number of hydrogen-bond donors (Lipinski definition) is 0. The van der Waals surface area contributed by atoms with Gasteiger partial charge in [-0.2, -0.15) is 0 Å². The van der Waals surface area contributed by atoms with E-state index in [-0.39, 0.29) is 0 Å². The molecule has 1 aliphatic rings. The Labute approximate surface area is 76.5 Å². The van der Waals surface area contributed by atoms with E-state index < -0.39 is 0 Å². The van der Waals surface area contributed by atoms with Gasteiger partial charge in [-0.15, -0.1) is 0 Å². The Morgan fingerprint density at radius 2 is 2.25 bits per heavy atom. The number of hydrogen-bond acceptors (Lipinski definition) is 1. The van der Waals surface area contributed by atoms with Crippen LogP contribution in [0.3, 0.4) is 0 Å². The molecule has 0 heterocycles. The van der Waals surface area contributed by atoms with Crippen LogP contribution in [0.1, 0.15) is 40.0 Å². The fourth-order valence-electron chi connectivity index (χ4n) is 1.95. The SMILES string of the molecule is CCOC(C)C1C[CH]C(C)CC1. The molecule has 0 bridgehead atoms.